The summed E-state index contributed by atoms with van der Waals surface area (Å²) in [6.45, 7) is 2.57. The number of amides is 1. The van der Waals surface area contributed by atoms with Gasteiger partial charge in [0.15, 0.2) is 6.61 Å². The van der Waals surface area contributed by atoms with Gasteiger partial charge in [-0.25, -0.2) is 13.2 Å². The third kappa shape index (κ3) is 5.21. The maximum Gasteiger partial charge on any atom is 0.338 e. The van der Waals surface area contributed by atoms with Crippen molar-refractivity contribution in [2.24, 2.45) is 0 Å². The van der Waals surface area contributed by atoms with Crippen molar-refractivity contribution < 1.29 is 22.7 Å². The molecule has 0 atom stereocenters. The molecular weight excluding hydrogens is 392 g/mol. The average Bonchev–Trinajstić information content (AvgIpc) is 3.28. The molecule has 154 valence electrons. The number of hydrogen-bond donors (Lipinski definition) is 1. The Morgan fingerprint density at radius 1 is 1.07 bits per heavy atom. The fraction of sp³-hybridized carbons (Fsp3) is 0.333. The van der Waals surface area contributed by atoms with E-state index in [1.165, 1.54) is 16.4 Å². The van der Waals surface area contributed by atoms with Crippen LogP contribution in [0, 0.1) is 0 Å². The van der Waals surface area contributed by atoms with Crippen LogP contribution in [0.5, 0.6) is 0 Å². The summed E-state index contributed by atoms with van der Waals surface area (Å²) in [4.78, 5) is 24.3. The van der Waals surface area contributed by atoms with Crippen LogP contribution in [-0.4, -0.2) is 44.3 Å². The van der Waals surface area contributed by atoms with E-state index in [9.17, 15) is 18.0 Å². The molecule has 29 heavy (non-hydrogen) atoms. The Hall–Kier alpha value is -2.71. The smallest absolute Gasteiger partial charge is 0.338 e. The predicted octanol–water partition coefficient (Wildman–Crippen LogP) is 2.83. The number of nitrogens with zero attached hydrogens (tertiary/aromatic N) is 1. The molecule has 0 bridgehead atoms. The van der Waals surface area contributed by atoms with Gasteiger partial charge in [-0.15, -0.1) is 0 Å². The molecule has 1 saturated heterocycles. The number of carbonyl (C=O) groups excluding carboxylic acids is 2. The molecule has 0 aliphatic carbocycles. The van der Waals surface area contributed by atoms with Crippen molar-refractivity contribution in [1.29, 1.82) is 0 Å². The van der Waals surface area contributed by atoms with Crippen LogP contribution in [0.15, 0.2) is 53.4 Å². The molecule has 1 fully saturated rings. The van der Waals surface area contributed by atoms with Crippen LogP contribution in [0.3, 0.4) is 0 Å². The van der Waals surface area contributed by atoms with Gasteiger partial charge >= 0.3 is 5.97 Å². The van der Waals surface area contributed by atoms with Crippen molar-refractivity contribution in [2.45, 2.75) is 31.1 Å². The van der Waals surface area contributed by atoms with Crippen molar-refractivity contribution in [3.05, 3.63) is 59.7 Å². The SMILES string of the molecule is CCc1ccc(C(=O)OCC(=O)Nc2cccc(S(=O)(=O)N3CCCC3)c2)cc1. The van der Waals surface area contributed by atoms with Gasteiger partial charge in [-0.1, -0.05) is 25.1 Å². The third-order valence-electron chi connectivity index (χ3n) is 4.75. The Bertz CT molecular complexity index is 980. The lowest BCUT2D eigenvalue weighted by Gasteiger charge is -2.16. The molecule has 1 heterocycles. The highest BCUT2D eigenvalue weighted by Crippen LogP contribution is 2.23. The van der Waals surface area contributed by atoms with E-state index in [-0.39, 0.29) is 4.90 Å². The lowest BCUT2D eigenvalue weighted by Crippen LogP contribution is -2.28. The van der Waals surface area contributed by atoms with E-state index in [0.717, 1.165) is 24.8 Å². The van der Waals surface area contributed by atoms with Crippen molar-refractivity contribution in [3.63, 3.8) is 0 Å². The molecule has 7 nitrogen and oxygen atoms in total. The standard InChI is InChI=1S/C21H24N2O5S/c1-2-16-8-10-17(11-9-16)21(25)28-15-20(24)22-18-6-5-7-19(14-18)29(26,27)23-12-3-4-13-23/h5-11,14H,2-4,12-13,15H2,1H3,(H,22,24). The Balaban J connectivity index is 1.58. The lowest BCUT2D eigenvalue weighted by atomic mass is 10.1. The summed E-state index contributed by atoms with van der Waals surface area (Å²) in [6.07, 6.45) is 2.56. The number of ether oxygens (including phenoxy) is 1. The van der Waals surface area contributed by atoms with E-state index >= 15 is 0 Å². The van der Waals surface area contributed by atoms with Gasteiger partial charge in [-0.05, 0) is 55.2 Å². The second-order valence-electron chi connectivity index (χ2n) is 6.81. The van der Waals surface area contributed by atoms with Crippen LogP contribution in [0.1, 0.15) is 35.7 Å². The maximum absolute atomic E-state index is 12.6. The van der Waals surface area contributed by atoms with Crippen LogP contribution in [-0.2, 0) is 26.0 Å². The Morgan fingerprint density at radius 3 is 2.41 bits per heavy atom. The number of esters is 1. The monoisotopic (exact) mass is 416 g/mol. The third-order valence-corrected chi connectivity index (χ3v) is 6.65. The average molecular weight is 416 g/mol. The van der Waals surface area contributed by atoms with Crippen molar-refractivity contribution in [3.8, 4) is 0 Å². The number of aryl methyl sites for hydroxylation is 1. The van der Waals surface area contributed by atoms with E-state index in [1.807, 2.05) is 19.1 Å². The summed E-state index contributed by atoms with van der Waals surface area (Å²) in [5.41, 5.74) is 1.80. The molecule has 0 aromatic heterocycles. The number of benzene rings is 2. The van der Waals surface area contributed by atoms with Gasteiger partial charge in [0.1, 0.15) is 0 Å². The van der Waals surface area contributed by atoms with Gasteiger partial charge in [0.05, 0.1) is 10.5 Å². The van der Waals surface area contributed by atoms with Crippen LogP contribution in [0.2, 0.25) is 0 Å². The molecule has 0 radical (unpaired) electrons. The molecular formula is C21H24N2O5S. The molecule has 2 aromatic carbocycles. The first kappa shape index (κ1) is 21.0. The van der Waals surface area contributed by atoms with E-state index < -0.39 is 28.5 Å². The minimum absolute atomic E-state index is 0.130. The van der Waals surface area contributed by atoms with Gasteiger partial charge in [0.2, 0.25) is 10.0 Å². The van der Waals surface area contributed by atoms with Gasteiger partial charge in [0.25, 0.3) is 5.91 Å². The van der Waals surface area contributed by atoms with E-state index in [4.69, 9.17) is 4.74 Å². The number of anilines is 1. The molecule has 3 rings (SSSR count). The lowest BCUT2D eigenvalue weighted by molar-refractivity contribution is -0.119. The number of rotatable bonds is 7. The predicted molar refractivity (Wildman–Crippen MR) is 109 cm³/mol. The molecule has 8 heteroatoms. The number of hydrogen-bond acceptors (Lipinski definition) is 5. The highest BCUT2D eigenvalue weighted by molar-refractivity contribution is 7.89. The molecule has 1 aliphatic rings. The number of sulfonamides is 1. The Kier molecular flexibility index (Phi) is 6.66. The zero-order valence-corrected chi connectivity index (χ0v) is 17.1. The minimum Gasteiger partial charge on any atom is -0.452 e. The number of nitrogens with one attached hydrogen (secondary N) is 1. The van der Waals surface area contributed by atoms with Crippen molar-refractivity contribution in [1.82, 2.24) is 4.31 Å². The van der Waals surface area contributed by atoms with Crippen molar-refractivity contribution >= 4 is 27.6 Å². The van der Waals surface area contributed by atoms with Crippen LogP contribution in [0.4, 0.5) is 5.69 Å². The van der Waals surface area contributed by atoms with Crippen LogP contribution < -0.4 is 5.32 Å². The Morgan fingerprint density at radius 2 is 1.76 bits per heavy atom. The van der Waals surface area contributed by atoms with Crippen molar-refractivity contribution in [2.75, 3.05) is 25.0 Å². The Labute approximate surface area is 170 Å². The first-order valence-corrected chi connectivity index (χ1v) is 11.0. The molecule has 0 saturated carbocycles. The topological polar surface area (TPSA) is 92.8 Å². The summed E-state index contributed by atoms with van der Waals surface area (Å²) in [7, 11) is -3.57. The first-order chi connectivity index (χ1) is 13.9. The normalized spacial score (nSPS) is 14.5. The van der Waals surface area contributed by atoms with Gasteiger partial charge in [0, 0.05) is 18.8 Å². The zero-order chi connectivity index (χ0) is 20.9. The molecule has 0 spiro atoms. The summed E-state index contributed by atoms with van der Waals surface area (Å²) in [5, 5.41) is 2.57. The minimum atomic E-state index is -3.57. The highest BCUT2D eigenvalue weighted by atomic mass is 32.2. The zero-order valence-electron chi connectivity index (χ0n) is 16.3. The molecule has 1 aliphatic heterocycles. The molecule has 1 N–H and O–H groups in total. The largest absolute Gasteiger partial charge is 0.452 e. The summed E-state index contributed by atoms with van der Waals surface area (Å²) in [5.74, 6) is -1.13. The van der Waals surface area contributed by atoms with Gasteiger partial charge in [-0.2, -0.15) is 4.31 Å². The second-order valence-corrected chi connectivity index (χ2v) is 8.75. The fourth-order valence-electron chi connectivity index (χ4n) is 3.10. The van der Waals surface area contributed by atoms with E-state index in [1.54, 1.807) is 24.3 Å². The summed E-state index contributed by atoms with van der Waals surface area (Å²) >= 11 is 0. The highest BCUT2D eigenvalue weighted by Gasteiger charge is 2.27. The van der Waals surface area contributed by atoms with Gasteiger partial charge < -0.3 is 10.1 Å². The van der Waals surface area contributed by atoms with Crippen LogP contribution in [0.25, 0.3) is 0 Å². The summed E-state index contributed by atoms with van der Waals surface area (Å²) in [6, 6.07) is 13.1. The first-order valence-electron chi connectivity index (χ1n) is 9.56. The molecule has 2 aromatic rings. The van der Waals surface area contributed by atoms with E-state index in [2.05, 4.69) is 5.32 Å². The van der Waals surface area contributed by atoms with Crippen LogP contribution >= 0.6 is 0 Å². The fourth-order valence-corrected chi connectivity index (χ4v) is 4.66. The number of carbonyl (C=O) groups is 2. The van der Waals surface area contributed by atoms with Gasteiger partial charge in [-0.3, -0.25) is 4.79 Å². The quantitative estimate of drug-likeness (QED) is 0.701. The van der Waals surface area contributed by atoms with E-state index in [0.29, 0.717) is 24.3 Å². The maximum atomic E-state index is 12.6. The molecule has 0 unspecified atom stereocenters. The molecule has 1 amide bonds. The summed E-state index contributed by atoms with van der Waals surface area (Å²) < 4.78 is 31.7. The second kappa shape index (κ2) is 9.19.